The maximum Gasteiger partial charge on any atom is 0.243 e. The van der Waals surface area contributed by atoms with Gasteiger partial charge in [0.25, 0.3) is 0 Å². The van der Waals surface area contributed by atoms with Crippen LogP contribution in [0.3, 0.4) is 0 Å². The monoisotopic (exact) mass is 488 g/mol. The van der Waals surface area contributed by atoms with E-state index in [2.05, 4.69) is 5.32 Å². The first-order chi connectivity index (χ1) is 17.0. The van der Waals surface area contributed by atoms with Crippen molar-refractivity contribution >= 4 is 23.4 Å². The van der Waals surface area contributed by atoms with Crippen LogP contribution < -0.4 is 5.32 Å². The summed E-state index contributed by atoms with van der Waals surface area (Å²) in [7, 11) is 0. The Bertz CT molecular complexity index is 1140. The summed E-state index contributed by atoms with van der Waals surface area (Å²) in [4.78, 5) is 29.3. The van der Waals surface area contributed by atoms with E-state index in [1.807, 2.05) is 79.7 Å². The molecule has 0 radical (unpaired) electrons. The first-order valence-corrected chi connectivity index (χ1v) is 12.8. The second-order valence-corrected chi connectivity index (χ2v) is 9.89. The molecule has 0 aliphatic heterocycles. The summed E-state index contributed by atoms with van der Waals surface area (Å²) in [6.07, 6.45) is 4.92. The second-order valence-electron chi connectivity index (χ2n) is 9.45. The molecule has 1 unspecified atom stereocenters. The Balaban J connectivity index is 1.67. The zero-order chi connectivity index (χ0) is 24.6. The molecule has 1 aliphatic carbocycles. The average Bonchev–Trinajstić information content (AvgIpc) is 3.36. The molecule has 1 atom stereocenters. The number of hydrogen-bond acceptors (Lipinski definition) is 2. The van der Waals surface area contributed by atoms with E-state index in [1.165, 1.54) is 0 Å². The van der Waals surface area contributed by atoms with Gasteiger partial charge in [0, 0.05) is 24.0 Å². The zero-order valence-electron chi connectivity index (χ0n) is 20.3. The molecular weight excluding hydrogens is 456 g/mol. The first-order valence-electron chi connectivity index (χ1n) is 12.4. The number of amides is 2. The zero-order valence-corrected chi connectivity index (χ0v) is 21.0. The van der Waals surface area contributed by atoms with Gasteiger partial charge in [-0.2, -0.15) is 0 Å². The molecule has 1 saturated carbocycles. The van der Waals surface area contributed by atoms with Gasteiger partial charge in [-0.05, 0) is 54.2 Å². The van der Waals surface area contributed by atoms with Crippen molar-refractivity contribution < 1.29 is 9.59 Å². The maximum atomic E-state index is 13.8. The highest BCUT2D eigenvalue weighted by Gasteiger charge is 2.32. The number of carbonyl (C=O) groups excluding carboxylic acids is 2. The van der Waals surface area contributed by atoms with Gasteiger partial charge in [0.2, 0.25) is 11.8 Å². The predicted octanol–water partition coefficient (Wildman–Crippen LogP) is 5.89. The number of benzene rings is 3. The first kappa shape index (κ1) is 25.0. The van der Waals surface area contributed by atoms with Crippen molar-refractivity contribution in [1.82, 2.24) is 10.2 Å². The predicted molar refractivity (Wildman–Crippen MR) is 141 cm³/mol. The molecule has 5 heteroatoms. The van der Waals surface area contributed by atoms with E-state index >= 15 is 0 Å². The van der Waals surface area contributed by atoms with Crippen LogP contribution in [0.2, 0.25) is 5.02 Å². The normalized spacial score (nSPS) is 14.5. The quantitative estimate of drug-likeness (QED) is 0.408. The lowest BCUT2D eigenvalue weighted by Gasteiger charge is -2.33. The number of halogens is 1. The molecule has 0 spiro atoms. The maximum absolute atomic E-state index is 13.8. The molecule has 1 fully saturated rings. The fraction of sp³-hybridized carbons (Fsp3) is 0.333. The van der Waals surface area contributed by atoms with E-state index in [1.54, 1.807) is 11.0 Å². The highest BCUT2D eigenvalue weighted by molar-refractivity contribution is 6.30. The Labute approximate surface area is 213 Å². The van der Waals surface area contributed by atoms with E-state index in [9.17, 15) is 9.59 Å². The van der Waals surface area contributed by atoms with Gasteiger partial charge < -0.3 is 10.2 Å². The Morgan fingerprint density at radius 1 is 0.943 bits per heavy atom. The van der Waals surface area contributed by atoms with E-state index in [-0.39, 0.29) is 24.3 Å². The van der Waals surface area contributed by atoms with Crippen molar-refractivity contribution in [3.63, 3.8) is 0 Å². The topological polar surface area (TPSA) is 49.4 Å². The third-order valence-electron chi connectivity index (χ3n) is 6.82. The van der Waals surface area contributed by atoms with E-state index < -0.39 is 6.04 Å². The Morgan fingerprint density at radius 2 is 1.63 bits per heavy atom. The molecule has 35 heavy (non-hydrogen) atoms. The lowest BCUT2D eigenvalue weighted by molar-refractivity contribution is -0.141. The molecule has 4 nitrogen and oxygen atoms in total. The summed E-state index contributed by atoms with van der Waals surface area (Å²) in [5.41, 5.74) is 4.01. The van der Waals surface area contributed by atoms with Gasteiger partial charge >= 0.3 is 0 Å². The van der Waals surface area contributed by atoms with Gasteiger partial charge in [-0.15, -0.1) is 0 Å². The van der Waals surface area contributed by atoms with E-state index in [4.69, 9.17) is 11.6 Å². The number of aryl methyl sites for hydroxylation is 1. The average molecular weight is 489 g/mol. The Kier molecular flexibility index (Phi) is 8.59. The van der Waals surface area contributed by atoms with Gasteiger partial charge in [0.15, 0.2) is 0 Å². The third kappa shape index (κ3) is 6.95. The number of carbonyl (C=O) groups is 2. The number of nitrogens with zero attached hydrogens (tertiary/aromatic N) is 1. The lowest BCUT2D eigenvalue weighted by atomic mass is 10.00. The van der Waals surface area contributed by atoms with Crippen molar-refractivity contribution in [2.45, 2.75) is 64.1 Å². The molecule has 1 aliphatic rings. The number of nitrogens with one attached hydrogen (secondary N) is 1. The van der Waals surface area contributed by atoms with Gasteiger partial charge in [0.1, 0.15) is 6.04 Å². The van der Waals surface area contributed by atoms with Crippen molar-refractivity contribution in [2.24, 2.45) is 0 Å². The molecule has 4 rings (SSSR count). The molecule has 3 aromatic rings. The van der Waals surface area contributed by atoms with Crippen molar-refractivity contribution in [3.8, 4) is 0 Å². The fourth-order valence-corrected chi connectivity index (χ4v) is 5.03. The van der Waals surface area contributed by atoms with Gasteiger partial charge in [0.05, 0.1) is 6.42 Å². The molecule has 182 valence electrons. The Hall–Kier alpha value is -3.11. The molecule has 0 bridgehead atoms. The number of hydrogen-bond donors (Lipinski definition) is 1. The van der Waals surface area contributed by atoms with Crippen LogP contribution in [-0.4, -0.2) is 28.8 Å². The minimum absolute atomic E-state index is 0.0752. The van der Waals surface area contributed by atoms with Gasteiger partial charge in [-0.1, -0.05) is 91.2 Å². The van der Waals surface area contributed by atoms with Gasteiger partial charge in [-0.3, -0.25) is 9.59 Å². The minimum atomic E-state index is -0.607. The van der Waals surface area contributed by atoms with Crippen LogP contribution >= 0.6 is 11.6 Å². The summed E-state index contributed by atoms with van der Waals surface area (Å²) in [5.74, 6) is -0.160. The van der Waals surface area contributed by atoms with Crippen LogP contribution in [0.1, 0.15) is 47.9 Å². The summed E-state index contributed by atoms with van der Waals surface area (Å²) in [5, 5.41) is 3.85. The molecule has 0 aromatic heterocycles. The van der Waals surface area contributed by atoms with Crippen molar-refractivity contribution in [2.75, 3.05) is 0 Å². The van der Waals surface area contributed by atoms with Gasteiger partial charge in [-0.25, -0.2) is 0 Å². The molecule has 3 aromatic carbocycles. The fourth-order valence-electron chi connectivity index (χ4n) is 4.82. The molecule has 0 heterocycles. The third-order valence-corrected chi connectivity index (χ3v) is 7.05. The van der Waals surface area contributed by atoms with Crippen LogP contribution in [0.25, 0.3) is 0 Å². The molecular formula is C30H33ClN2O2. The van der Waals surface area contributed by atoms with Crippen LogP contribution in [0.15, 0.2) is 78.9 Å². The highest BCUT2D eigenvalue weighted by atomic mass is 35.5. The molecule has 0 saturated heterocycles. The summed E-state index contributed by atoms with van der Waals surface area (Å²) >= 11 is 6.18. The van der Waals surface area contributed by atoms with Crippen LogP contribution in [0, 0.1) is 6.92 Å². The molecule has 2 amide bonds. The minimum Gasteiger partial charge on any atom is -0.352 e. The van der Waals surface area contributed by atoms with Crippen molar-refractivity contribution in [1.29, 1.82) is 0 Å². The SMILES string of the molecule is Cc1ccccc1CN(C(=O)Cc1cccc(Cl)c1)C(Cc1ccccc1)C(=O)NC1CCCC1. The largest absolute Gasteiger partial charge is 0.352 e. The second kappa shape index (κ2) is 12.0. The van der Waals surface area contributed by atoms with Crippen molar-refractivity contribution in [3.05, 3.63) is 106 Å². The standard InChI is InChI=1S/C30H33ClN2O2/c1-22-10-5-6-14-25(22)21-33(29(34)20-24-13-9-15-26(31)18-24)28(19-23-11-3-2-4-12-23)30(35)32-27-16-7-8-17-27/h2-6,9-15,18,27-28H,7-8,16-17,19-21H2,1H3,(H,32,35). The van der Waals surface area contributed by atoms with Crippen LogP contribution in [0.4, 0.5) is 0 Å². The number of rotatable bonds is 9. The summed E-state index contributed by atoms with van der Waals surface area (Å²) < 4.78 is 0. The smallest absolute Gasteiger partial charge is 0.243 e. The van der Waals surface area contributed by atoms with E-state index in [0.29, 0.717) is 18.0 Å². The lowest BCUT2D eigenvalue weighted by Crippen LogP contribution is -2.52. The summed E-state index contributed by atoms with van der Waals surface area (Å²) in [6, 6.07) is 24.9. The molecule has 1 N–H and O–H groups in total. The highest BCUT2D eigenvalue weighted by Crippen LogP contribution is 2.22. The summed E-state index contributed by atoms with van der Waals surface area (Å²) in [6.45, 7) is 2.42. The Morgan fingerprint density at radius 3 is 2.34 bits per heavy atom. The van der Waals surface area contributed by atoms with Crippen LogP contribution in [0.5, 0.6) is 0 Å². The van der Waals surface area contributed by atoms with Crippen LogP contribution in [-0.2, 0) is 29.0 Å². The van der Waals surface area contributed by atoms with E-state index in [0.717, 1.165) is 47.9 Å².